The van der Waals surface area contributed by atoms with Gasteiger partial charge in [0.15, 0.2) is 0 Å². The maximum absolute atomic E-state index is 14.2. The molecular formula is C21H24FN5S. The molecule has 4 rings (SSSR count). The number of amidine groups is 1. The molecule has 0 saturated carbocycles. The van der Waals surface area contributed by atoms with Crippen LogP contribution >= 0.6 is 11.8 Å². The third-order valence-corrected chi connectivity index (χ3v) is 6.23. The van der Waals surface area contributed by atoms with Crippen LogP contribution in [0.2, 0.25) is 0 Å². The lowest BCUT2D eigenvalue weighted by Gasteiger charge is -2.39. The number of halogens is 1. The van der Waals surface area contributed by atoms with E-state index in [-0.39, 0.29) is 11.3 Å². The average Bonchev–Trinajstić information content (AvgIpc) is 2.94. The third-order valence-electron chi connectivity index (χ3n) is 5.25. The van der Waals surface area contributed by atoms with Crippen LogP contribution in [0.5, 0.6) is 0 Å². The number of thioether (sulfide) groups is 1. The van der Waals surface area contributed by atoms with Gasteiger partial charge in [-0.1, -0.05) is 36.0 Å². The summed E-state index contributed by atoms with van der Waals surface area (Å²) in [6.07, 6.45) is -0.519. The number of benzene rings is 2. The lowest BCUT2D eigenvalue weighted by atomic mass is 10.1. The zero-order valence-electron chi connectivity index (χ0n) is 16.4. The molecule has 2 heterocycles. The van der Waals surface area contributed by atoms with Gasteiger partial charge in [-0.25, -0.2) is 9.38 Å². The standard InChI is InChI=1S/C21H24FN5S/c1-11-8-9-15(10-16(11)22)26-14(4)25-20-18(19(26)23)27(21(24)28-20)17-12(2)6-5-7-13(17)3/h5-10,19,21H,23-24H2,1-4H3. The molecule has 146 valence electrons. The number of anilines is 2. The van der Waals surface area contributed by atoms with E-state index in [0.29, 0.717) is 11.3 Å². The molecule has 2 atom stereocenters. The second-order valence-electron chi connectivity index (χ2n) is 7.22. The van der Waals surface area contributed by atoms with Crippen LogP contribution in [-0.2, 0) is 0 Å². The van der Waals surface area contributed by atoms with Gasteiger partial charge in [0.1, 0.15) is 28.3 Å². The Morgan fingerprint density at radius 2 is 1.64 bits per heavy atom. The molecule has 2 aliphatic rings. The Hall–Kier alpha value is -2.35. The second-order valence-corrected chi connectivity index (χ2v) is 8.32. The monoisotopic (exact) mass is 397 g/mol. The van der Waals surface area contributed by atoms with Gasteiger partial charge in [-0.2, -0.15) is 0 Å². The summed E-state index contributed by atoms with van der Waals surface area (Å²) >= 11 is 1.50. The van der Waals surface area contributed by atoms with Crippen molar-refractivity contribution in [2.45, 2.75) is 39.4 Å². The lowest BCUT2D eigenvalue weighted by Crippen LogP contribution is -2.53. The lowest BCUT2D eigenvalue weighted by molar-refractivity contribution is 0.617. The molecule has 0 amide bonds. The number of hydrogen-bond acceptors (Lipinski definition) is 6. The van der Waals surface area contributed by atoms with Crippen LogP contribution in [0.25, 0.3) is 0 Å². The molecule has 0 bridgehead atoms. The first-order valence-corrected chi connectivity index (χ1v) is 10.1. The predicted molar refractivity (Wildman–Crippen MR) is 116 cm³/mol. The maximum atomic E-state index is 14.2. The Balaban J connectivity index is 1.82. The minimum absolute atomic E-state index is 0.263. The molecule has 0 radical (unpaired) electrons. The van der Waals surface area contributed by atoms with Gasteiger partial charge in [-0.05, 0) is 56.5 Å². The average molecular weight is 398 g/mol. The van der Waals surface area contributed by atoms with Gasteiger partial charge in [-0.15, -0.1) is 0 Å². The number of hydrogen-bond donors (Lipinski definition) is 2. The van der Waals surface area contributed by atoms with Gasteiger partial charge in [0, 0.05) is 11.4 Å². The van der Waals surface area contributed by atoms with E-state index >= 15 is 0 Å². The Morgan fingerprint density at radius 3 is 2.29 bits per heavy atom. The van der Waals surface area contributed by atoms with Crippen molar-refractivity contribution >= 4 is 29.0 Å². The van der Waals surface area contributed by atoms with Crippen molar-refractivity contribution in [2.75, 3.05) is 9.80 Å². The largest absolute Gasteiger partial charge is 0.314 e. The van der Waals surface area contributed by atoms with E-state index in [0.717, 1.165) is 33.4 Å². The molecule has 5 nitrogen and oxygen atoms in total. The van der Waals surface area contributed by atoms with Gasteiger partial charge in [0.05, 0.1) is 5.70 Å². The molecular weight excluding hydrogens is 373 g/mol. The van der Waals surface area contributed by atoms with Crippen LogP contribution in [-0.4, -0.2) is 17.5 Å². The summed E-state index contributed by atoms with van der Waals surface area (Å²) in [5.41, 5.74) is 18.3. The van der Waals surface area contributed by atoms with Crippen LogP contribution in [0, 0.1) is 26.6 Å². The summed E-state index contributed by atoms with van der Waals surface area (Å²) in [5, 5.41) is 0.823. The second kappa shape index (κ2) is 6.92. The molecule has 2 aliphatic heterocycles. The zero-order valence-corrected chi connectivity index (χ0v) is 17.2. The number of aliphatic imine (C=N–C) groups is 1. The van der Waals surface area contributed by atoms with Crippen molar-refractivity contribution in [1.29, 1.82) is 0 Å². The van der Waals surface area contributed by atoms with E-state index in [1.54, 1.807) is 13.0 Å². The van der Waals surface area contributed by atoms with E-state index in [1.807, 2.05) is 24.0 Å². The fourth-order valence-corrected chi connectivity index (χ4v) is 4.93. The third kappa shape index (κ3) is 2.90. The summed E-state index contributed by atoms with van der Waals surface area (Å²) in [7, 11) is 0. The highest BCUT2D eigenvalue weighted by Gasteiger charge is 2.41. The van der Waals surface area contributed by atoms with Crippen LogP contribution in [0.15, 0.2) is 52.1 Å². The zero-order chi connectivity index (χ0) is 20.2. The van der Waals surface area contributed by atoms with E-state index in [4.69, 9.17) is 16.5 Å². The molecule has 0 fully saturated rings. The smallest absolute Gasteiger partial charge is 0.136 e. The summed E-state index contributed by atoms with van der Waals surface area (Å²) < 4.78 is 14.2. The molecule has 0 saturated heterocycles. The molecule has 0 aliphatic carbocycles. The SMILES string of the molecule is CC1=NC2=C(C(N)N1c1ccc(C)c(F)c1)N(c1c(C)cccc1C)C(N)S2. The van der Waals surface area contributed by atoms with Crippen molar-refractivity contribution in [2.24, 2.45) is 16.5 Å². The maximum Gasteiger partial charge on any atom is 0.136 e. The topological polar surface area (TPSA) is 70.9 Å². The van der Waals surface area contributed by atoms with Crippen LogP contribution in [0.1, 0.15) is 23.6 Å². The molecule has 2 aromatic rings. The highest BCUT2D eigenvalue weighted by atomic mass is 32.2. The molecule has 0 aromatic heterocycles. The van der Waals surface area contributed by atoms with Crippen molar-refractivity contribution in [3.8, 4) is 0 Å². The highest BCUT2D eigenvalue weighted by Crippen LogP contribution is 2.45. The Labute approximate surface area is 168 Å². The first-order chi connectivity index (χ1) is 13.3. The minimum atomic E-state index is -0.519. The van der Waals surface area contributed by atoms with Crippen LogP contribution < -0.4 is 21.3 Å². The minimum Gasteiger partial charge on any atom is -0.314 e. The molecule has 0 spiro atoms. The molecule has 7 heteroatoms. The van der Waals surface area contributed by atoms with Gasteiger partial charge >= 0.3 is 0 Å². The van der Waals surface area contributed by atoms with Crippen molar-refractivity contribution in [3.63, 3.8) is 0 Å². The van der Waals surface area contributed by atoms with Crippen molar-refractivity contribution in [1.82, 2.24) is 0 Å². The Morgan fingerprint density at radius 1 is 0.964 bits per heavy atom. The van der Waals surface area contributed by atoms with Gasteiger partial charge in [-0.3, -0.25) is 0 Å². The van der Waals surface area contributed by atoms with E-state index in [2.05, 4.69) is 30.9 Å². The molecule has 2 unspecified atom stereocenters. The Kier molecular flexibility index (Phi) is 4.69. The number of nitrogens with two attached hydrogens (primary N) is 2. The number of para-hydroxylation sites is 1. The summed E-state index contributed by atoms with van der Waals surface area (Å²) in [5.74, 6) is 0.457. The number of rotatable bonds is 2. The molecule has 28 heavy (non-hydrogen) atoms. The summed E-state index contributed by atoms with van der Waals surface area (Å²) in [6.45, 7) is 7.75. The fourth-order valence-electron chi connectivity index (χ4n) is 3.86. The highest BCUT2D eigenvalue weighted by molar-refractivity contribution is 8.04. The van der Waals surface area contributed by atoms with Crippen molar-refractivity contribution in [3.05, 3.63) is 69.6 Å². The van der Waals surface area contributed by atoms with Gasteiger partial charge < -0.3 is 21.3 Å². The predicted octanol–water partition coefficient (Wildman–Crippen LogP) is 3.94. The summed E-state index contributed by atoms with van der Waals surface area (Å²) in [6, 6.07) is 11.3. The number of nitrogens with zero attached hydrogens (tertiary/aromatic N) is 3. The van der Waals surface area contributed by atoms with E-state index in [9.17, 15) is 4.39 Å². The first kappa shape index (κ1) is 19.0. The molecule has 4 N–H and O–H groups in total. The molecule has 2 aromatic carbocycles. The van der Waals surface area contributed by atoms with Gasteiger partial charge in [0.25, 0.3) is 0 Å². The Bertz CT molecular complexity index is 996. The van der Waals surface area contributed by atoms with Gasteiger partial charge in [0.2, 0.25) is 0 Å². The quantitative estimate of drug-likeness (QED) is 0.803. The first-order valence-electron chi connectivity index (χ1n) is 9.17. The van der Waals surface area contributed by atoms with Crippen molar-refractivity contribution < 1.29 is 4.39 Å². The normalized spacial score (nSPS) is 21.9. The van der Waals surface area contributed by atoms with E-state index < -0.39 is 6.17 Å². The fraction of sp³-hybridized carbons (Fsp3) is 0.286. The van der Waals surface area contributed by atoms with Crippen LogP contribution in [0.4, 0.5) is 15.8 Å². The number of aryl methyl sites for hydroxylation is 3. The summed E-state index contributed by atoms with van der Waals surface area (Å²) in [4.78, 5) is 8.69. The van der Waals surface area contributed by atoms with Crippen LogP contribution in [0.3, 0.4) is 0 Å². The van der Waals surface area contributed by atoms with E-state index in [1.165, 1.54) is 17.8 Å².